The first-order valence-corrected chi connectivity index (χ1v) is 8.14. The molecule has 1 saturated heterocycles. The van der Waals surface area contributed by atoms with E-state index in [1.807, 2.05) is 10.3 Å². The van der Waals surface area contributed by atoms with E-state index >= 15 is 0 Å². The Bertz CT molecular complexity index is 505. The fourth-order valence-corrected chi connectivity index (χ4v) is 3.36. The monoisotopic (exact) mass is 309 g/mol. The van der Waals surface area contributed by atoms with Crippen molar-refractivity contribution in [3.05, 3.63) is 21.9 Å². The number of likely N-dealkylation sites (tertiary alicyclic amines) is 1. The molecule has 5 nitrogen and oxygen atoms in total. The molecule has 6 heteroatoms. The maximum absolute atomic E-state index is 12.2. The Labute approximate surface area is 129 Å². The number of rotatable bonds is 3. The lowest BCUT2D eigenvalue weighted by Gasteiger charge is -2.33. The highest BCUT2D eigenvalue weighted by molar-refractivity contribution is 7.10. The maximum Gasteiger partial charge on any atom is 0.319 e. The highest BCUT2D eigenvalue weighted by atomic mass is 32.1. The van der Waals surface area contributed by atoms with E-state index in [0.717, 1.165) is 12.8 Å². The van der Waals surface area contributed by atoms with Crippen molar-refractivity contribution in [1.29, 1.82) is 0 Å². The molecular formula is C15H23N3O2S. The van der Waals surface area contributed by atoms with Crippen LogP contribution in [0.1, 0.15) is 23.3 Å². The SMILES string of the molecule is Cc1ccsc1CNC(=O)C1CCN(C(=O)N(C)C)CC1. The van der Waals surface area contributed by atoms with E-state index in [2.05, 4.69) is 18.3 Å². The summed E-state index contributed by atoms with van der Waals surface area (Å²) >= 11 is 1.67. The molecule has 0 aliphatic carbocycles. The second-order valence-corrected chi connectivity index (χ2v) is 6.68. The van der Waals surface area contributed by atoms with Crippen molar-refractivity contribution in [1.82, 2.24) is 15.1 Å². The molecule has 3 amide bonds. The van der Waals surface area contributed by atoms with Gasteiger partial charge >= 0.3 is 6.03 Å². The molecule has 1 aliphatic heterocycles. The van der Waals surface area contributed by atoms with Crippen LogP contribution < -0.4 is 5.32 Å². The summed E-state index contributed by atoms with van der Waals surface area (Å²) in [6.45, 7) is 3.99. The largest absolute Gasteiger partial charge is 0.351 e. The molecule has 2 heterocycles. The van der Waals surface area contributed by atoms with Gasteiger partial charge < -0.3 is 15.1 Å². The van der Waals surface area contributed by atoms with Gasteiger partial charge in [-0.3, -0.25) is 4.79 Å². The molecule has 0 bridgehead atoms. The second-order valence-electron chi connectivity index (χ2n) is 5.68. The van der Waals surface area contributed by atoms with Crippen molar-refractivity contribution < 1.29 is 9.59 Å². The first kappa shape index (κ1) is 15.8. The molecule has 0 spiro atoms. The Kier molecular flexibility index (Phi) is 5.22. The lowest BCUT2D eigenvalue weighted by Crippen LogP contribution is -2.46. The number of amides is 3. The molecule has 116 valence electrons. The lowest BCUT2D eigenvalue weighted by atomic mass is 9.96. The van der Waals surface area contributed by atoms with Crippen LogP contribution in [0.3, 0.4) is 0 Å². The van der Waals surface area contributed by atoms with Crippen molar-refractivity contribution in [3.8, 4) is 0 Å². The smallest absolute Gasteiger partial charge is 0.319 e. The van der Waals surface area contributed by atoms with Gasteiger partial charge in [-0.15, -0.1) is 11.3 Å². The Hall–Kier alpha value is -1.56. The molecule has 1 aromatic rings. The van der Waals surface area contributed by atoms with Gasteiger partial charge in [-0.05, 0) is 36.8 Å². The summed E-state index contributed by atoms with van der Waals surface area (Å²) in [4.78, 5) is 28.6. The minimum atomic E-state index is 0.0245. The van der Waals surface area contributed by atoms with Crippen molar-refractivity contribution >= 4 is 23.3 Å². The number of nitrogens with zero attached hydrogens (tertiary/aromatic N) is 2. The summed E-state index contributed by atoms with van der Waals surface area (Å²) < 4.78 is 0. The minimum absolute atomic E-state index is 0.0245. The van der Waals surface area contributed by atoms with Gasteiger partial charge in [0.1, 0.15) is 0 Å². The zero-order valence-corrected chi connectivity index (χ0v) is 13.7. The predicted octanol–water partition coefficient (Wildman–Crippen LogP) is 2.07. The molecule has 1 aliphatic rings. The normalized spacial score (nSPS) is 15.9. The number of carbonyl (C=O) groups excluding carboxylic acids is 2. The van der Waals surface area contributed by atoms with Gasteiger partial charge in [-0.2, -0.15) is 0 Å². The van der Waals surface area contributed by atoms with Gasteiger partial charge in [0.15, 0.2) is 0 Å². The molecule has 0 atom stereocenters. The van der Waals surface area contributed by atoms with Crippen LogP contribution in [0, 0.1) is 12.8 Å². The molecular weight excluding hydrogens is 286 g/mol. The molecule has 0 aromatic carbocycles. The first-order valence-electron chi connectivity index (χ1n) is 7.26. The topological polar surface area (TPSA) is 52.7 Å². The van der Waals surface area contributed by atoms with Crippen molar-refractivity contribution in [2.24, 2.45) is 5.92 Å². The van der Waals surface area contributed by atoms with E-state index in [1.54, 1.807) is 30.3 Å². The standard InChI is InChI=1S/C15H23N3O2S/c1-11-6-9-21-13(11)10-16-14(19)12-4-7-18(8-5-12)15(20)17(2)3/h6,9,12H,4-5,7-8,10H2,1-3H3,(H,16,19). The van der Waals surface area contributed by atoms with E-state index in [4.69, 9.17) is 0 Å². The molecule has 2 rings (SSSR count). The predicted molar refractivity (Wildman–Crippen MR) is 84.3 cm³/mol. The zero-order chi connectivity index (χ0) is 15.4. The van der Waals surface area contributed by atoms with Crippen molar-refractivity contribution in [3.63, 3.8) is 0 Å². The summed E-state index contributed by atoms with van der Waals surface area (Å²) in [5.74, 6) is 0.135. The zero-order valence-electron chi connectivity index (χ0n) is 12.9. The second kappa shape index (κ2) is 6.93. The molecule has 0 unspecified atom stereocenters. The van der Waals surface area contributed by atoms with E-state index in [1.165, 1.54) is 10.4 Å². The van der Waals surface area contributed by atoms with Crippen LogP contribution >= 0.6 is 11.3 Å². The van der Waals surface area contributed by atoms with E-state index in [0.29, 0.717) is 19.6 Å². The fourth-order valence-electron chi connectivity index (χ4n) is 2.51. The first-order chi connectivity index (χ1) is 9.99. The summed E-state index contributed by atoms with van der Waals surface area (Å²) in [7, 11) is 3.51. The number of hydrogen-bond donors (Lipinski definition) is 1. The summed E-state index contributed by atoms with van der Waals surface area (Å²) in [5, 5.41) is 5.06. The average molecular weight is 309 g/mol. The van der Waals surface area contributed by atoms with Crippen LogP contribution in [0.4, 0.5) is 4.79 Å². The summed E-state index contributed by atoms with van der Waals surface area (Å²) in [5.41, 5.74) is 1.23. The number of piperidine rings is 1. The minimum Gasteiger partial charge on any atom is -0.351 e. The van der Waals surface area contributed by atoms with Crippen LogP contribution in [0.25, 0.3) is 0 Å². The third kappa shape index (κ3) is 3.97. The van der Waals surface area contributed by atoms with Gasteiger partial charge in [0.25, 0.3) is 0 Å². The van der Waals surface area contributed by atoms with Gasteiger partial charge in [0.05, 0.1) is 6.54 Å². The summed E-state index contributed by atoms with van der Waals surface area (Å²) in [6, 6.07) is 2.10. The van der Waals surface area contributed by atoms with Crippen molar-refractivity contribution in [2.75, 3.05) is 27.2 Å². The van der Waals surface area contributed by atoms with Crippen LogP contribution in [0.2, 0.25) is 0 Å². The molecule has 1 fully saturated rings. The Balaban J connectivity index is 1.78. The third-order valence-electron chi connectivity index (χ3n) is 3.91. The average Bonchev–Trinajstić information content (AvgIpc) is 2.89. The van der Waals surface area contributed by atoms with Crippen LogP contribution in [-0.4, -0.2) is 48.9 Å². The Morgan fingerprint density at radius 2 is 2.05 bits per heavy atom. The molecule has 1 aromatic heterocycles. The molecule has 21 heavy (non-hydrogen) atoms. The lowest BCUT2D eigenvalue weighted by molar-refractivity contribution is -0.126. The highest BCUT2D eigenvalue weighted by Crippen LogP contribution is 2.19. The Morgan fingerprint density at radius 1 is 1.38 bits per heavy atom. The van der Waals surface area contributed by atoms with Crippen LogP contribution in [0.15, 0.2) is 11.4 Å². The quantitative estimate of drug-likeness (QED) is 0.929. The Morgan fingerprint density at radius 3 is 2.57 bits per heavy atom. The fraction of sp³-hybridized carbons (Fsp3) is 0.600. The number of aryl methyl sites for hydroxylation is 1. The van der Waals surface area contributed by atoms with Crippen LogP contribution in [-0.2, 0) is 11.3 Å². The van der Waals surface area contributed by atoms with E-state index < -0.39 is 0 Å². The van der Waals surface area contributed by atoms with Gasteiger partial charge in [0, 0.05) is 38.0 Å². The number of urea groups is 1. The van der Waals surface area contributed by atoms with Crippen molar-refractivity contribution in [2.45, 2.75) is 26.3 Å². The molecule has 0 saturated carbocycles. The number of hydrogen-bond acceptors (Lipinski definition) is 3. The number of nitrogens with one attached hydrogen (secondary N) is 1. The van der Waals surface area contributed by atoms with Crippen LogP contribution in [0.5, 0.6) is 0 Å². The summed E-state index contributed by atoms with van der Waals surface area (Å²) in [6.07, 6.45) is 1.49. The van der Waals surface area contributed by atoms with Gasteiger partial charge in [-0.25, -0.2) is 4.79 Å². The van der Waals surface area contributed by atoms with E-state index in [-0.39, 0.29) is 17.9 Å². The maximum atomic E-state index is 12.2. The number of carbonyl (C=O) groups is 2. The molecule has 1 N–H and O–H groups in total. The third-order valence-corrected chi connectivity index (χ3v) is 4.93. The van der Waals surface area contributed by atoms with Gasteiger partial charge in [0.2, 0.25) is 5.91 Å². The van der Waals surface area contributed by atoms with E-state index in [9.17, 15) is 9.59 Å². The van der Waals surface area contributed by atoms with Gasteiger partial charge in [-0.1, -0.05) is 0 Å². The highest BCUT2D eigenvalue weighted by Gasteiger charge is 2.27. The molecule has 0 radical (unpaired) electrons. The number of thiophene rings is 1.